The van der Waals surface area contributed by atoms with Crippen LogP contribution in [-0.2, 0) is 0 Å². The monoisotopic (exact) mass is 280 g/mol. The average molecular weight is 280 g/mol. The molecule has 108 valence electrons. The Morgan fingerprint density at radius 1 is 1.00 bits per heavy atom. The molecule has 2 heterocycles. The molecule has 1 aliphatic carbocycles. The standard InChI is InChI=1S/C17H20N4/c1-2-6-13(7-3-1)15-12-16(21-10-4-5-11-21)20-17(19-15)18-14-8-9-14/h1-3,6-7,12,14H,4-5,8-11H2,(H,18,19,20). The van der Waals surface area contributed by atoms with Crippen molar-refractivity contribution in [3.8, 4) is 11.3 Å². The van der Waals surface area contributed by atoms with E-state index in [1.165, 1.54) is 25.7 Å². The number of hydrogen-bond acceptors (Lipinski definition) is 4. The molecule has 1 aromatic heterocycles. The number of nitrogens with one attached hydrogen (secondary N) is 1. The number of nitrogens with zero attached hydrogens (tertiary/aromatic N) is 3. The molecule has 0 atom stereocenters. The predicted molar refractivity (Wildman–Crippen MR) is 85.6 cm³/mol. The summed E-state index contributed by atoms with van der Waals surface area (Å²) in [5.41, 5.74) is 2.16. The minimum atomic E-state index is 0.572. The molecular weight excluding hydrogens is 260 g/mol. The third kappa shape index (κ3) is 2.84. The fourth-order valence-electron chi connectivity index (χ4n) is 2.77. The van der Waals surface area contributed by atoms with E-state index in [9.17, 15) is 0 Å². The van der Waals surface area contributed by atoms with Gasteiger partial charge >= 0.3 is 0 Å². The predicted octanol–water partition coefficient (Wildman–Crippen LogP) is 3.32. The Morgan fingerprint density at radius 3 is 2.48 bits per heavy atom. The van der Waals surface area contributed by atoms with Gasteiger partial charge in [-0.3, -0.25) is 0 Å². The molecule has 4 heteroatoms. The summed E-state index contributed by atoms with van der Waals surface area (Å²) in [5.74, 6) is 1.84. The minimum absolute atomic E-state index is 0.572. The third-order valence-corrected chi connectivity index (χ3v) is 4.12. The van der Waals surface area contributed by atoms with Gasteiger partial charge < -0.3 is 10.2 Å². The molecule has 1 N–H and O–H groups in total. The van der Waals surface area contributed by atoms with Gasteiger partial charge in [-0.15, -0.1) is 0 Å². The Balaban J connectivity index is 1.72. The summed E-state index contributed by atoms with van der Waals surface area (Å²) in [6, 6.07) is 13.1. The van der Waals surface area contributed by atoms with E-state index in [1.807, 2.05) is 6.07 Å². The molecule has 1 aliphatic heterocycles. The van der Waals surface area contributed by atoms with E-state index >= 15 is 0 Å². The smallest absolute Gasteiger partial charge is 0.225 e. The molecule has 2 aromatic rings. The van der Waals surface area contributed by atoms with E-state index in [0.717, 1.165) is 36.1 Å². The number of anilines is 2. The van der Waals surface area contributed by atoms with Crippen LogP contribution in [0.3, 0.4) is 0 Å². The summed E-state index contributed by atoms with van der Waals surface area (Å²) in [6.07, 6.45) is 4.99. The average Bonchev–Trinajstić information content (AvgIpc) is 3.17. The molecule has 4 nitrogen and oxygen atoms in total. The van der Waals surface area contributed by atoms with Crippen molar-refractivity contribution in [3.63, 3.8) is 0 Å². The van der Waals surface area contributed by atoms with Crippen LogP contribution < -0.4 is 10.2 Å². The Hall–Kier alpha value is -2.10. The zero-order chi connectivity index (χ0) is 14.1. The Kier molecular flexibility index (Phi) is 3.22. The summed E-state index contributed by atoms with van der Waals surface area (Å²) >= 11 is 0. The maximum atomic E-state index is 4.72. The van der Waals surface area contributed by atoms with E-state index in [0.29, 0.717) is 6.04 Å². The first kappa shape index (κ1) is 12.6. The molecule has 0 spiro atoms. The lowest BCUT2D eigenvalue weighted by molar-refractivity contribution is 0.924. The second kappa shape index (κ2) is 5.35. The van der Waals surface area contributed by atoms with Crippen LogP contribution in [0.5, 0.6) is 0 Å². The van der Waals surface area contributed by atoms with Crippen LogP contribution in [0, 0.1) is 0 Å². The van der Waals surface area contributed by atoms with Crippen molar-refractivity contribution >= 4 is 11.8 Å². The lowest BCUT2D eigenvalue weighted by Gasteiger charge is -2.18. The van der Waals surface area contributed by atoms with Gasteiger partial charge in [0, 0.05) is 30.8 Å². The van der Waals surface area contributed by atoms with Gasteiger partial charge in [0.05, 0.1) is 5.69 Å². The van der Waals surface area contributed by atoms with Crippen molar-refractivity contribution in [2.75, 3.05) is 23.3 Å². The maximum Gasteiger partial charge on any atom is 0.225 e. The molecule has 0 unspecified atom stereocenters. The topological polar surface area (TPSA) is 41.1 Å². The van der Waals surface area contributed by atoms with Crippen LogP contribution in [0.2, 0.25) is 0 Å². The second-order valence-corrected chi connectivity index (χ2v) is 5.91. The van der Waals surface area contributed by atoms with Gasteiger partial charge in [0.2, 0.25) is 5.95 Å². The van der Waals surface area contributed by atoms with Gasteiger partial charge in [-0.25, -0.2) is 4.98 Å². The Bertz CT molecular complexity index is 616. The molecule has 1 saturated carbocycles. The summed E-state index contributed by atoms with van der Waals surface area (Å²) < 4.78 is 0. The summed E-state index contributed by atoms with van der Waals surface area (Å²) in [7, 11) is 0. The van der Waals surface area contributed by atoms with Gasteiger partial charge in [-0.1, -0.05) is 30.3 Å². The van der Waals surface area contributed by atoms with Gasteiger partial charge in [-0.05, 0) is 25.7 Å². The van der Waals surface area contributed by atoms with Crippen molar-refractivity contribution in [3.05, 3.63) is 36.4 Å². The first-order chi connectivity index (χ1) is 10.4. The normalized spacial score (nSPS) is 18.0. The molecule has 1 aromatic carbocycles. The lowest BCUT2D eigenvalue weighted by Crippen LogP contribution is -2.20. The van der Waals surface area contributed by atoms with Crippen molar-refractivity contribution in [2.24, 2.45) is 0 Å². The molecule has 0 bridgehead atoms. The number of hydrogen-bond donors (Lipinski definition) is 1. The minimum Gasteiger partial charge on any atom is -0.356 e. The highest BCUT2D eigenvalue weighted by Crippen LogP contribution is 2.28. The van der Waals surface area contributed by atoms with Crippen molar-refractivity contribution in [1.82, 2.24) is 9.97 Å². The van der Waals surface area contributed by atoms with Crippen molar-refractivity contribution in [2.45, 2.75) is 31.7 Å². The molecule has 2 fully saturated rings. The van der Waals surface area contributed by atoms with E-state index in [1.54, 1.807) is 0 Å². The summed E-state index contributed by atoms with van der Waals surface area (Å²) in [6.45, 7) is 2.21. The highest BCUT2D eigenvalue weighted by molar-refractivity contribution is 5.65. The van der Waals surface area contributed by atoms with Crippen LogP contribution in [0.4, 0.5) is 11.8 Å². The van der Waals surface area contributed by atoms with Crippen molar-refractivity contribution in [1.29, 1.82) is 0 Å². The van der Waals surface area contributed by atoms with Gasteiger partial charge in [-0.2, -0.15) is 4.98 Å². The SMILES string of the molecule is c1ccc(-c2cc(N3CCCC3)nc(NC3CC3)n2)cc1. The first-order valence-corrected chi connectivity index (χ1v) is 7.84. The van der Waals surface area contributed by atoms with Crippen LogP contribution in [0.1, 0.15) is 25.7 Å². The molecule has 1 saturated heterocycles. The zero-order valence-corrected chi connectivity index (χ0v) is 12.1. The molecular formula is C17H20N4. The lowest BCUT2D eigenvalue weighted by atomic mass is 10.1. The quantitative estimate of drug-likeness (QED) is 0.932. The molecule has 21 heavy (non-hydrogen) atoms. The number of aromatic nitrogens is 2. The molecule has 4 rings (SSSR count). The zero-order valence-electron chi connectivity index (χ0n) is 12.1. The molecule has 2 aliphatic rings. The number of benzene rings is 1. The van der Waals surface area contributed by atoms with Crippen molar-refractivity contribution < 1.29 is 0 Å². The summed E-state index contributed by atoms with van der Waals surface area (Å²) in [5, 5.41) is 3.44. The maximum absolute atomic E-state index is 4.72. The Labute approximate surface area is 125 Å². The fraction of sp³-hybridized carbons (Fsp3) is 0.412. The van der Waals surface area contributed by atoms with Crippen LogP contribution in [-0.4, -0.2) is 29.1 Å². The Morgan fingerprint density at radius 2 is 1.76 bits per heavy atom. The highest BCUT2D eigenvalue weighted by Gasteiger charge is 2.23. The van der Waals surface area contributed by atoms with E-state index in [4.69, 9.17) is 9.97 Å². The molecule has 0 radical (unpaired) electrons. The van der Waals surface area contributed by atoms with E-state index in [2.05, 4.69) is 40.5 Å². The first-order valence-electron chi connectivity index (χ1n) is 7.84. The third-order valence-electron chi connectivity index (χ3n) is 4.12. The highest BCUT2D eigenvalue weighted by atomic mass is 15.2. The van der Waals surface area contributed by atoms with Gasteiger partial charge in [0.15, 0.2) is 0 Å². The van der Waals surface area contributed by atoms with Crippen LogP contribution in [0.25, 0.3) is 11.3 Å². The van der Waals surface area contributed by atoms with Gasteiger partial charge in [0.25, 0.3) is 0 Å². The molecule has 0 amide bonds. The second-order valence-electron chi connectivity index (χ2n) is 5.91. The van der Waals surface area contributed by atoms with Gasteiger partial charge in [0.1, 0.15) is 5.82 Å². The largest absolute Gasteiger partial charge is 0.356 e. The van der Waals surface area contributed by atoms with Crippen LogP contribution in [0.15, 0.2) is 36.4 Å². The summed E-state index contributed by atoms with van der Waals surface area (Å²) in [4.78, 5) is 11.8. The van der Waals surface area contributed by atoms with E-state index in [-0.39, 0.29) is 0 Å². The van der Waals surface area contributed by atoms with Crippen LogP contribution >= 0.6 is 0 Å². The van der Waals surface area contributed by atoms with E-state index < -0.39 is 0 Å². The number of rotatable bonds is 4. The fourth-order valence-corrected chi connectivity index (χ4v) is 2.77.